The van der Waals surface area contributed by atoms with Crippen molar-refractivity contribution in [3.8, 4) is 0 Å². The molecule has 0 bridgehead atoms. The van der Waals surface area contributed by atoms with E-state index in [1.165, 1.54) is 31.0 Å². The van der Waals surface area contributed by atoms with E-state index in [1.54, 1.807) is 12.1 Å². The van der Waals surface area contributed by atoms with Crippen molar-refractivity contribution in [3.63, 3.8) is 0 Å². The zero-order chi connectivity index (χ0) is 15.4. The van der Waals surface area contributed by atoms with Crippen LogP contribution in [0.5, 0.6) is 0 Å². The Morgan fingerprint density at radius 3 is 2.57 bits per heavy atom. The van der Waals surface area contributed by atoms with Gasteiger partial charge in [0.2, 0.25) is 0 Å². The molecular formula is C14H16FN3O2S. The number of hydrogen-bond donors (Lipinski definition) is 0. The van der Waals surface area contributed by atoms with Crippen molar-refractivity contribution in [1.29, 1.82) is 0 Å². The largest absolute Gasteiger partial charge is 0.468 e. The molecule has 0 unspecified atom stereocenters. The molecule has 0 saturated carbocycles. The molecule has 112 valence electrons. The molecule has 1 aromatic heterocycles. The molecule has 0 fully saturated rings. The highest BCUT2D eigenvalue weighted by atomic mass is 32.2. The van der Waals surface area contributed by atoms with Crippen molar-refractivity contribution in [2.24, 2.45) is 7.05 Å². The fourth-order valence-electron chi connectivity index (χ4n) is 1.86. The molecule has 7 heteroatoms. The molecule has 0 saturated heterocycles. The Balaban J connectivity index is 2.30. The van der Waals surface area contributed by atoms with Gasteiger partial charge in [-0.25, -0.2) is 4.39 Å². The standard InChI is InChI=1S/C14H16FN3O2S/c1-4-11-16-17-14(18(11)2)21-12(13(19)20-3)9-5-7-10(15)8-6-9/h5-8,12H,4H2,1-3H3/t12-/m1/s1. The highest BCUT2D eigenvalue weighted by Crippen LogP contribution is 2.35. The van der Waals surface area contributed by atoms with E-state index in [0.717, 1.165) is 12.2 Å². The zero-order valence-corrected chi connectivity index (χ0v) is 12.9. The first-order chi connectivity index (χ1) is 10.1. The van der Waals surface area contributed by atoms with E-state index in [2.05, 4.69) is 10.2 Å². The minimum atomic E-state index is -0.608. The van der Waals surface area contributed by atoms with Crippen LogP contribution < -0.4 is 0 Å². The number of thioether (sulfide) groups is 1. The molecule has 2 aromatic rings. The van der Waals surface area contributed by atoms with Gasteiger partial charge in [0, 0.05) is 13.5 Å². The van der Waals surface area contributed by atoms with Gasteiger partial charge in [0.25, 0.3) is 0 Å². The Morgan fingerprint density at radius 1 is 1.38 bits per heavy atom. The summed E-state index contributed by atoms with van der Waals surface area (Å²) in [5.41, 5.74) is 0.661. The van der Waals surface area contributed by atoms with Crippen molar-refractivity contribution in [3.05, 3.63) is 41.5 Å². The monoisotopic (exact) mass is 309 g/mol. The first-order valence-corrected chi connectivity index (χ1v) is 7.33. The predicted octanol–water partition coefficient (Wildman–Crippen LogP) is 2.52. The second-order valence-corrected chi connectivity index (χ2v) is 5.46. The van der Waals surface area contributed by atoms with Crippen LogP contribution in [0.15, 0.2) is 29.4 Å². The zero-order valence-electron chi connectivity index (χ0n) is 12.0. The van der Waals surface area contributed by atoms with Gasteiger partial charge in [-0.05, 0) is 17.7 Å². The summed E-state index contributed by atoms with van der Waals surface area (Å²) in [4.78, 5) is 12.0. The average molecular weight is 309 g/mol. The lowest BCUT2D eigenvalue weighted by Gasteiger charge is -2.14. The summed E-state index contributed by atoms with van der Waals surface area (Å²) >= 11 is 1.24. The van der Waals surface area contributed by atoms with Crippen LogP contribution in [0.1, 0.15) is 23.6 Å². The van der Waals surface area contributed by atoms with Crippen LogP contribution in [-0.2, 0) is 23.0 Å². The van der Waals surface area contributed by atoms with Gasteiger partial charge in [-0.3, -0.25) is 4.79 Å². The van der Waals surface area contributed by atoms with Gasteiger partial charge < -0.3 is 9.30 Å². The molecule has 0 aliphatic rings. The quantitative estimate of drug-likeness (QED) is 0.627. The summed E-state index contributed by atoms with van der Waals surface area (Å²) in [6.07, 6.45) is 0.753. The van der Waals surface area contributed by atoms with Crippen molar-refractivity contribution in [1.82, 2.24) is 14.8 Å². The van der Waals surface area contributed by atoms with Crippen molar-refractivity contribution in [2.45, 2.75) is 23.8 Å². The number of halogens is 1. The van der Waals surface area contributed by atoms with E-state index in [4.69, 9.17) is 4.74 Å². The predicted molar refractivity (Wildman–Crippen MR) is 77.4 cm³/mol. The van der Waals surface area contributed by atoms with Crippen LogP contribution in [-0.4, -0.2) is 27.8 Å². The third-order valence-corrected chi connectivity index (χ3v) is 4.32. The summed E-state index contributed by atoms with van der Waals surface area (Å²) in [5, 5.41) is 8.15. The molecule has 1 atom stereocenters. The van der Waals surface area contributed by atoms with Gasteiger partial charge in [-0.1, -0.05) is 30.8 Å². The lowest BCUT2D eigenvalue weighted by molar-refractivity contribution is -0.140. The molecule has 0 N–H and O–H groups in total. The number of nitrogens with zero attached hydrogens (tertiary/aromatic N) is 3. The van der Waals surface area contributed by atoms with E-state index < -0.39 is 11.2 Å². The molecule has 1 heterocycles. The summed E-state index contributed by atoms with van der Waals surface area (Å²) in [6, 6.07) is 5.78. The number of carbonyl (C=O) groups excluding carboxylic acids is 1. The van der Waals surface area contributed by atoms with E-state index in [9.17, 15) is 9.18 Å². The molecule has 1 aromatic carbocycles. The minimum Gasteiger partial charge on any atom is -0.468 e. The lowest BCUT2D eigenvalue weighted by atomic mass is 10.1. The Morgan fingerprint density at radius 2 is 2.05 bits per heavy atom. The highest BCUT2D eigenvalue weighted by molar-refractivity contribution is 8.00. The highest BCUT2D eigenvalue weighted by Gasteiger charge is 2.25. The second kappa shape index (κ2) is 6.71. The third kappa shape index (κ3) is 3.41. The van der Waals surface area contributed by atoms with E-state index in [-0.39, 0.29) is 5.82 Å². The number of hydrogen-bond acceptors (Lipinski definition) is 5. The third-order valence-electron chi connectivity index (χ3n) is 3.05. The molecule has 0 radical (unpaired) electrons. The molecule has 21 heavy (non-hydrogen) atoms. The summed E-state index contributed by atoms with van der Waals surface area (Å²) in [6.45, 7) is 1.98. The Bertz CT molecular complexity index is 628. The van der Waals surface area contributed by atoms with E-state index >= 15 is 0 Å². The number of rotatable bonds is 5. The molecule has 0 spiro atoms. The number of aryl methyl sites for hydroxylation is 1. The van der Waals surface area contributed by atoms with Crippen LogP contribution in [0, 0.1) is 5.82 Å². The van der Waals surface area contributed by atoms with Crippen LogP contribution in [0.25, 0.3) is 0 Å². The fourth-order valence-corrected chi connectivity index (χ4v) is 2.91. The molecule has 0 aliphatic carbocycles. The SMILES string of the molecule is CCc1nnc(S[C@@H](C(=O)OC)c2ccc(F)cc2)n1C. The van der Waals surface area contributed by atoms with Crippen molar-refractivity contribution in [2.75, 3.05) is 7.11 Å². The molecule has 0 aliphatic heterocycles. The summed E-state index contributed by atoms with van der Waals surface area (Å²) in [7, 11) is 3.17. The first kappa shape index (κ1) is 15.5. The number of ether oxygens (including phenoxy) is 1. The van der Waals surface area contributed by atoms with Gasteiger partial charge in [-0.15, -0.1) is 10.2 Å². The number of aromatic nitrogens is 3. The van der Waals surface area contributed by atoms with Crippen molar-refractivity contribution < 1.29 is 13.9 Å². The fraction of sp³-hybridized carbons (Fsp3) is 0.357. The summed E-state index contributed by atoms with van der Waals surface area (Å²) < 4.78 is 19.7. The van der Waals surface area contributed by atoms with Gasteiger partial charge in [-0.2, -0.15) is 0 Å². The maximum atomic E-state index is 13.0. The smallest absolute Gasteiger partial charge is 0.323 e. The Kier molecular flexibility index (Phi) is 4.95. The molecular weight excluding hydrogens is 293 g/mol. The normalized spacial score (nSPS) is 12.2. The maximum Gasteiger partial charge on any atom is 0.323 e. The molecule has 0 amide bonds. The number of benzene rings is 1. The molecule has 2 rings (SSSR count). The minimum absolute atomic E-state index is 0.348. The van der Waals surface area contributed by atoms with Gasteiger partial charge in [0.1, 0.15) is 16.9 Å². The lowest BCUT2D eigenvalue weighted by Crippen LogP contribution is -2.12. The first-order valence-electron chi connectivity index (χ1n) is 6.45. The maximum absolute atomic E-state index is 13.0. The second-order valence-electron chi connectivity index (χ2n) is 4.38. The Hall–Kier alpha value is -1.89. The van der Waals surface area contributed by atoms with Crippen LogP contribution in [0.2, 0.25) is 0 Å². The van der Waals surface area contributed by atoms with Crippen LogP contribution in [0.4, 0.5) is 4.39 Å². The Labute approximate surface area is 126 Å². The molecule has 5 nitrogen and oxygen atoms in total. The van der Waals surface area contributed by atoms with Gasteiger partial charge in [0.15, 0.2) is 5.16 Å². The van der Waals surface area contributed by atoms with E-state index in [0.29, 0.717) is 10.7 Å². The van der Waals surface area contributed by atoms with Crippen molar-refractivity contribution >= 4 is 17.7 Å². The topological polar surface area (TPSA) is 57.0 Å². The van der Waals surface area contributed by atoms with E-state index in [1.807, 2.05) is 18.5 Å². The number of esters is 1. The van der Waals surface area contributed by atoms with Gasteiger partial charge >= 0.3 is 5.97 Å². The summed E-state index contributed by atoms with van der Waals surface area (Å²) in [5.74, 6) is 0.0761. The van der Waals surface area contributed by atoms with Crippen LogP contribution in [0.3, 0.4) is 0 Å². The average Bonchev–Trinajstić information content (AvgIpc) is 2.85. The number of methoxy groups -OCH3 is 1. The van der Waals surface area contributed by atoms with Gasteiger partial charge in [0.05, 0.1) is 7.11 Å². The van der Waals surface area contributed by atoms with Crippen LogP contribution >= 0.6 is 11.8 Å². The number of carbonyl (C=O) groups is 1.